The van der Waals surface area contributed by atoms with E-state index in [1.807, 2.05) is 12.1 Å². The molecule has 29 heavy (non-hydrogen) atoms. The van der Waals surface area contributed by atoms with Gasteiger partial charge >= 0.3 is 0 Å². The van der Waals surface area contributed by atoms with Crippen molar-refractivity contribution in [2.75, 3.05) is 11.9 Å². The van der Waals surface area contributed by atoms with E-state index in [0.29, 0.717) is 23.4 Å². The highest BCUT2D eigenvalue weighted by molar-refractivity contribution is 8.18. The predicted octanol–water partition coefficient (Wildman–Crippen LogP) is 5.28. The number of nitrogens with one attached hydrogen (secondary N) is 1. The quantitative estimate of drug-likeness (QED) is 0.653. The Hall–Kier alpha value is -2.64. The summed E-state index contributed by atoms with van der Waals surface area (Å²) in [5.41, 5.74) is 1.72. The number of carbonyl (C=O) groups is 3. The number of benzene rings is 2. The van der Waals surface area contributed by atoms with Crippen molar-refractivity contribution in [3.8, 4) is 0 Å². The number of amides is 3. The van der Waals surface area contributed by atoms with Crippen LogP contribution in [0.5, 0.6) is 0 Å². The first-order valence-electron chi connectivity index (χ1n) is 8.85. The first-order valence-corrected chi connectivity index (χ1v) is 10.0. The van der Waals surface area contributed by atoms with Crippen LogP contribution < -0.4 is 5.32 Å². The molecule has 0 bridgehead atoms. The van der Waals surface area contributed by atoms with Crippen LogP contribution in [0.2, 0.25) is 5.02 Å². The summed E-state index contributed by atoms with van der Waals surface area (Å²) >= 11 is 6.61. The van der Waals surface area contributed by atoms with Gasteiger partial charge in [0.25, 0.3) is 11.1 Å². The highest BCUT2D eigenvalue weighted by Gasteiger charge is 2.36. The topological polar surface area (TPSA) is 66.5 Å². The minimum atomic E-state index is -0.662. The molecule has 0 radical (unpaired) electrons. The van der Waals surface area contributed by atoms with Gasteiger partial charge < -0.3 is 5.32 Å². The number of imide groups is 1. The molecule has 0 spiro atoms. The van der Waals surface area contributed by atoms with Gasteiger partial charge in [0.2, 0.25) is 5.91 Å². The summed E-state index contributed by atoms with van der Waals surface area (Å²) in [4.78, 5) is 37.8. The zero-order valence-corrected chi connectivity index (χ0v) is 17.3. The third-order valence-corrected chi connectivity index (χ3v) is 5.55. The van der Waals surface area contributed by atoms with Gasteiger partial charge in [-0.15, -0.1) is 0 Å². The Morgan fingerprint density at radius 2 is 1.90 bits per heavy atom. The maximum atomic E-state index is 13.9. The van der Waals surface area contributed by atoms with Crippen LogP contribution in [0.25, 0.3) is 6.08 Å². The van der Waals surface area contributed by atoms with Gasteiger partial charge in [0.1, 0.15) is 12.4 Å². The predicted molar refractivity (Wildman–Crippen MR) is 113 cm³/mol. The molecule has 0 aromatic heterocycles. The van der Waals surface area contributed by atoms with Gasteiger partial charge in [-0.05, 0) is 53.6 Å². The minimum absolute atomic E-state index is 0.0103. The van der Waals surface area contributed by atoms with Gasteiger partial charge in [0.05, 0.1) is 9.93 Å². The van der Waals surface area contributed by atoms with Gasteiger partial charge in [0, 0.05) is 11.3 Å². The fourth-order valence-electron chi connectivity index (χ4n) is 2.71. The molecule has 1 N–H and O–H groups in total. The number of nitrogens with zero attached hydrogens (tertiary/aromatic N) is 1. The number of rotatable bonds is 5. The van der Waals surface area contributed by atoms with Crippen LogP contribution in [0.4, 0.5) is 14.9 Å². The summed E-state index contributed by atoms with van der Waals surface area (Å²) in [6.45, 7) is 3.70. The van der Waals surface area contributed by atoms with Gasteiger partial charge in [-0.25, -0.2) is 4.39 Å². The molecule has 1 saturated heterocycles. The van der Waals surface area contributed by atoms with Crippen molar-refractivity contribution in [2.45, 2.75) is 19.8 Å². The van der Waals surface area contributed by atoms with E-state index in [1.54, 1.807) is 12.1 Å². The Morgan fingerprint density at radius 3 is 2.52 bits per heavy atom. The highest BCUT2D eigenvalue weighted by atomic mass is 35.5. The summed E-state index contributed by atoms with van der Waals surface area (Å²) in [5, 5.41) is 2.19. The zero-order chi connectivity index (χ0) is 21.1. The highest BCUT2D eigenvalue weighted by Crippen LogP contribution is 2.34. The SMILES string of the molecule is CC(C)c1ccc(NC(=O)CN2C(=O)S/C(=C\c3c(F)cccc3Cl)C2=O)cc1. The van der Waals surface area contributed by atoms with E-state index in [0.717, 1.165) is 10.5 Å². The van der Waals surface area contributed by atoms with Crippen molar-refractivity contribution in [1.82, 2.24) is 4.90 Å². The average molecular weight is 433 g/mol. The number of anilines is 1. The lowest BCUT2D eigenvalue weighted by atomic mass is 10.0. The molecule has 2 aromatic carbocycles. The molecule has 2 aromatic rings. The smallest absolute Gasteiger partial charge is 0.294 e. The summed E-state index contributed by atoms with van der Waals surface area (Å²) < 4.78 is 13.9. The Bertz CT molecular complexity index is 985. The fourth-order valence-corrected chi connectivity index (χ4v) is 3.75. The van der Waals surface area contributed by atoms with Crippen LogP contribution in [-0.2, 0) is 9.59 Å². The van der Waals surface area contributed by atoms with Crippen LogP contribution in [0.3, 0.4) is 0 Å². The lowest BCUT2D eigenvalue weighted by molar-refractivity contribution is -0.127. The monoisotopic (exact) mass is 432 g/mol. The van der Waals surface area contributed by atoms with E-state index in [-0.39, 0.29) is 15.5 Å². The van der Waals surface area contributed by atoms with Crippen molar-refractivity contribution in [3.63, 3.8) is 0 Å². The molecule has 1 heterocycles. The third kappa shape index (κ3) is 4.86. The molecule has 150 valence electrons. The lowest BCUT2D eigenvalue weighted by Crippen LogP contribution is -2.36. The van der Waals surface area contributed by atoms with E-state index in [4.69, 9.17) is 11.6 Å². The molecule has 3 amide bonds. The normalized spacial score (nSPS) is 15.5. The molecule has 0 aliphatic carbocycles. The number of hydrogen-bond acceptors (Lipinski definition) is 4. The average Bonchev–Trinajstić information content (AvgIpc) is 2.92. The van der Waals surface area contributed by atoms with Crippen LogP contribution in [-0.4, -0.2) is 28.5 Å². The molecule has 1 fully saturated rings. The lowest BCUT2D eigenvalue weighted by Gasteiger charge is -2.13. The second kappa shape index (κ2) is 8.80. The van der Waals surface area contributed by atoms with Crippen molar-refractivity contribution in [1.29, 1.82) is 0 Å². The standard InChI is InChI=1S/C21H18ClFN2O3S/c1-12(2)13-6-8-14(9-7-13)24-19(26)11-25-20(27)18(29-21(25)28)10-15-16(22)4-3-5-17(15)23/h3-10,12H,11H2,1-2H3,(H,24,26)/b18-10-. The number of thioether (sulfide) groups is 1. The molecular weight excluding hydrogens is 415 g/mol. The van der Waals surface area contributed by atoms with E-state index >= 15 is 0 Å². The molecule has 0 atom stereocenters. The van der Waals surface area contributed by atoms with Crippen molar-refractivity contribution >= 4 is 52.2 Å². The summed E-state index contributed by atoms with van der Waals surface area (Å²) in [6.07, 6.45) is 1.23. The Labute approximate surface area is 176 Å². The molecule has 1 aliphatic heterocycles. The van der Waals surface area contributed by atoms with Crippen molar-refractivity contribution in [3.05, 3.63) is 69.3 Å². The Morgan fingerprint density at radius 1 is 1.21 bits per heavy atom. The summed E-state index contributed by atoms with van der Waals surface area (Å²) in [6, 6.07) is 11.5. The third-order valence-electron chi connectivity index (χ3n) is 4.31. The van der Waals surface area contributed by atoms with Gasteiger partial charge in [-0.2, -0.15) is 0 Å². The van der Waals surface area contributed by atoms with E-state index in [1.165, 1.54) is 24.3 Å². The van der Waals surface area contributed by atoms with Gasteiger partial charge in [0.15, 0.2) is 0 Å². The summed E-state index contributed by atoms with van der Waals surface area (Å²) in [7, 11) is 0. The maximum Gasteiger partial charge on any atom is 0.294 e. The number of halogens is 2. The Kier molecular flexibility index (Phi) is 6.39. The second-order valence-electron chi connectivity index (χ2n) is 6.73. The largest absolute Gasteiger partial charge is 0.325 e. The fraction of sp³-hybridized carbons (Fsp3) is 0.190. The molecule has 0 saturated carbocycles. The minimum Gasteiger partial charge on any atom is -0.325 e. The molecule has 5 nitrogen and oxygen atoms in total. The molecule has 8 heteroatoms. The summed E-state index contributed by atoms with van der Waals surface area (Å²) in [5.74, 6) is -1.41. The molecule has 0 unspecified atom stereocenters. The van der Waals surface area contributed by atoms with Gasteiger partial charge in [-0.3, -0.25) is 19.3 Å². The van der Waals surface area contributed by atoms with E-state index in [9.17, 15) is 18.8 Å². The van der Waals surface area contributed by atoms with E-state index in [2.05, 4.69) is 19.2 Å². The van der Waals surface area contributed by atoms with Crippen molar-refractivity contribution < 1.29 is 18.8 Å². The zero-order valence-electron chi connectivity index (χ0n) is 15.7. The van der Waals surface area contributed by atoms with E-state index < -0.39 is 29.4 Å². The Balaban J connectivity index is 1.70. The first kappa shape index (κ1) is 21.1. The maximum absolute atomic E-state index is 13.9. The van der Waals surface area contributed by atoms with Crippen molar-refractivity contribution in [2.24, 2.45) is 0 Å². The molecular formula is C21H18ClFN2O3S. The van der Waals surface area contributed by atoms with Crippen LogP contribution in [0.15, 0.2) is 47.4 Å². The number of hydrogen-bond donors (Lipinski definition) is 1. The molecule has 3 rings (SSSR count). The first-order chi connectivity index (χ1) is 13.8. The second-order valence-corrected chi connectivity index (χ2v) is 8.13. The van der Waals surface area contributed by atoms with Gasteiger partial charge in [-0.1, -0.05) is 43.6 Å². The molecule has 1 aliphatic rings. The van der Waals surface area contributed by atoms with Crippen LogP contribution >= 0.6 is 23.4 Å². The number of carbonyl (C=O) groups excluding carboxylic acids is 3. The van der Waals surface area contributed by atoms with Crippen LogP contribution in [0.1, 0.15) is 30.9 Å². The van der Waals surface area contributed by atoms with Crippen LogP contribution in [0, 0.1) is 5.82 Å².